The SMILES string of the molecule is COc1ccc(CCNC(=O)C(=NI)c2ccc3c(c2)CCC3)cc1OC. The second-order valence-electron chi connectivity index (χ2n) is 6.47. The van der Waals surface area contributed by atoms with Crippen molar-refractivity contribution in [1.82, 2.24) is 5.32 Å². The zero-order valence-electron chi connectivity index (χ0n) is 15.5. The van der Waals surface area contributed by atoms with Gasteiger partial charge >= 0.3 is 0 Å². The molecule has 0 aromatic heterocycles. The van der Waals surface area contributed by atoms with Gasteiger partial charge in [-0.2, -0.15) is 0 Å². The lowest BCUT2D eigenvalue weighted by atomic mass is 10.0. The first-order valence-electron chi connectivity index (χ1n) is 8.96. The standard InChI is InChI=1S/C21H23IN2O3/c1-26-18-9-6-14(12-19(18)27-2)10-11-23-21(25)20(24-22)17-8-7-15-4-3-5-16(15)13-17/h6-9,12-13H,3-5,10-11H2,1-2H3,(H,23,25). The number of ether oxygens (including phenoxy) is 2. The molecule has 1 aliphatic rings. The minimum absolute atomic E-state index is 0.150. The van der Waals surface area contributed by atoms with Gasteiger partial charge in [-0.15, -0.1) is 0 Å². The van der Waals surface area contributed by atoms with Gasteiger partial charge in [0.25, 0.3) is 5.91 Å². The predicted octanol–water partition coefficient (Wildman–Crippen LogP) is 3.69. The van der Waals surface area contributed by atoms with E-state index in [4.69, 9.17) is 9.47 Å². The second-order valence-corrected chi connectivity index (χ2v) is 6.95. The fourth-order valence-electron chi connectivity index (χ4n) is 3.38. The Kier molecular flexibility index (Phi) is 6.71. The summed E-state index contributed by atoms with van der Waals surface area (Å²) in [5.74, 6) is 1.23. The van der Waals surface area contributed by atoms with E-state index in [9.17, 15) is 4.79 Å². The maximum atomic E-state index is 12.6. The van der Waals surface area contributed by atoms with Crippen LogP contribution in [0.15, 0.2) is 39.6 Å². The first kappa shape index (κ1) is 19.7. The molecule has 27 heavy (non-hydrogen) atoms. The van der Waals surface area contributed by atoms with Gasteiger partial charge in [-0.3, -0.25) is 4.79 Å². The molecule has 1 N–H and O–H groups in total. The van der Waals surface area contributed by atoms with Crippen LogP contribution in [0.25, 0.3) is 0 Å². The summed E-state index contributed by atoms with van der Waals surface area (Å²) in [7, 11) is 3.23. The number of hydrogen-bond donors (Lipinski definition) is 1. The molecule has 0 saturated carbocycles. The van der Waals surface area contributed by atoms with Gasteiger partial charge in [0.15, 0.2) is 11.5 Å². The molecule has 0 aliphatic heterocycles. The lowest BCUT2D eigenvalue weighted by Crippen LogP contribution is -2.33. The third kappa shape index (κ3) is 4.61. The average molecular weight is 478 g/mol. The van der Waals surface area contributed by atoms with Gasteiger partial charge < -0.3 is 14.8 Å². The zero-order valence-corrected chi connectivity index (χ0v) is 17.7. The van der Waals surface area contributed by atoms with Crippen LogP contribution < -0.4 is 14.8 Å². The van der Waals surface area contributed by atoms with Crippen LogP contribution in [-0.4, -0.2) is 32.4 Å². The number of carbonyl (C=O) groups excluding carboxylic acids is 1. The van der Waals surface area contributed by atoms with E-state index in [1.54, 1.807) is 14.2 Å². The second kappa shape index (κ2) is 9.21. The molecule has 6 heteroatoms. The summed E-state index contributed by atoms with van der Waals surface area (Å²) < 4.78 is 14.8. The number of benzene rings is 2. The Labute approximate surface area is 173 Å². The van der Waals surface area contributed by atoms with Crippen molar-refractivity contribution in [3.05, 3.63) is 58.7 Å². The molecule has 0 radical (unpaired) electrons. The summed E-state index contributed by atoms with van der Waals surface area (Å²) >= 11 is 1.89. The highest BCUT2D eigenvalue weighted by atomic mass is 127. The first-order valence-corrected chi connectivity index (χ1v) is 9.93. The summed E-state index contributed by atoms with van der Waals surface area (Å²) in [6.45, 7) is 0.523. The van der Waals surface area contributed by atoms with E-state index in [-0.39, 0.29) is 5.91 Å². The number of methoxy groups -OCH3 is 2. The number of amides is 1. The van der Waals surface area contributed by atoms with Gasteiger partial charge in [-0.1, -0.05) is 18.2 Å². The van der Waals surface area contributed by atoms with Crippen molar-refractivity contribution in [2.75, 3.05) is 20.8 Å². The van der Waals surface area contributed by atoms with E-state index in [0.717, 1.165) is 24.0 Å². The molecule has 2 aromatic carbocycles. The van der Waals surface area contributed by atoms with Gasteiger partial charge in [0.05, 0.1) is 37.1 Å². The number of nitrogens with one attached hydrogen (secondary N) is 1. The van der Waals surface area contributed by atoms with E-state index in [1.807, 2.05) is 47.1 Å². The minimum atomic E-state index is -0.150. The average Bonchev–Trinajstić information content (AvgIpc) is 3.16. The van der Waals surface area contributed by atoms with Gasteiger partial charge in [-0.05, 0) is 60.6 Å². The lowest BCUT2D eigenvalue weighted by Gasteiger charge is -2.11. The number of nitrogens with zero attached hydrogens (tertiary/aromatic N) is 1. The highest BCUT2D eigenvalue weighted by Gasteiger charge is 2.17. The number of hydrogen-bond acceptors (Lipinski definition) is 4. The van der Waals surface area contributed by atoms with Gasteiger partial charge in [0.1, 0.15) is 5.71 Å². The number of rotatable bonds is 7. The molecule has 0 saturated heterocycles. The zero-order chi connectivity index (χ0) is 19.2. The van der Waals surface area contributed by atoms with Crippen molar-refractivity contribution in [2.45, 2.75) is 25.7 Å². The number of halogens is 1. The Morgan fingerprint density at radius 1 is 1.07 bits per heavy atom. The summed E-state index contributed by atoms with van der Waals surface area (Å²) in [5, 5.41) is 2.97. The highest BCUT2D eigenvalue weighted by molar-refractivity contribution is 14.1. The van der Waals surface area contributed by atoms with Crippen LogP contribution in [0.2, 0.25) is 0 Å². The van der Waals surface area contributed by atoms with Crippen LogP contribution in [-0.2, 0) is 24.1 Å². The van der Waals surface area contributed by atoms with Crippen molar-refractivity contribution in [3.8, 4) is 11.5 Å². The summed E-state index contributed by atoms with van der Waals surface area (Å²) in [6, 6.07) is 12.0. The molecule has 142 valence electrons. The number of fused-ring (bicyclic) bond motifs is 1. The summed E-state index contributed by atoms with van der Waals surface area (Å²) in [5.41, 5.74) is 5.15. The molecule has 1 aliphatic carbocycles. The van der Waals surface area contributed by atoms with Crippen LogP contribution in [0.4, 0.5) is 0 Å². The van der Waals surface area contributed by atoms with E-state index in [1.165, 1.54) is 17.5 Å². The molecule has 0 spiro atoms. The van der Waals surface area contributed by atoms with Crippen LogP contribution >= 0.6 is 22.9 Å². The third-order valence-electron chi connectivity index (χ3n) is 4.82. The van der Waals surface area contributed by atoms with E-state index in [2.05, 4.69) is 20.7 Å². The molecule has 0 bridgehead atoms. The van der Waals surface area contributed by atoms with Crippen molar-refractivity contribution in [1.29, 1.82) is 0 Å². The minimum Gasteiger partial charge on any atom is -0.493 e. The highest BCUT2D eigenvalue weighted by Crippen LogP contribution is 2.27. The fourth-order valence-corrected chi connectivity index (χ4v) is 3.88. The molecular formula is C21H23IN2O3. The van der Waals surface area contributed by atoms with Crippen LogP contribution in [0.5, 0.6) is 11.5 Å². The molecule has 0 fully saturated rings. The molecule has 3 rings (SSSR count). The molecule has 0 unspecified atom stereocenters. The normalized spacial score (nSPS) is 13.2. The van der Waals surface area contributed by atoms with Gasteiger partial charge in [0.2, 0.25) is 0 Å². The number of aryl methyl sites for hydroxylation is 2. The topological polar surface area (TPSA) is 59.9 Å². The van der Waals surface area contributed by atoms with Crippen molar-refractivity contribution in [2.24, 2.45) is 3.21 Å². The van der Waals surface area contributed by atoms with E-state index >= 15 is 0 Å². The monoisotopic (exact) mass is 478 g/mol. The van der Waals surface area contributed by atoms with Crippen LogP contribution in [0.3, 0.4) is 0 Å². The molecule has 0 atom stereocenters. The largest absolute Gasteiger partial charge is 0.493 e. The Morgan fingerprint density at radius 2 is 1.85 bits per heavy atom. The fraction of sp³-hybridized carbons (Fsp3) is 0.333. The quantitative estimate of drug-likeness (QED) is 0.488. The van der Waals surface area contributed by atoms with Crippen LogP contribution in [0, 0.1) is 0 Å². The summed E-state index contributed by atoms with van der Waals surface area (Å²) in [6.07, 6.45) is 4.10. The van der Waals surface area contributed by atoms with Gasteiger partial charge in [0, 0.05) is 12.1 Å². The molecule has 2 aromatic rings. The Bertz CT molecular complexity index is 865. The maximum absolute atomic E-state index is 12.6. The van der Waals surface area contributed by atoms with Crippen molar-refractivity contribution < 1.29 is 14.3 Å². The molecule has 0 heterocycles. The molecule has 5 nitrogen and oxygen atoms in total. The molecule has 1 amide bonds. The molecular weight excluding hydrogens is 455 g/mol. The van der Waals surface area contributed by atoms with E-state index < -0.39 is 0 Å². The Morgan fingerprint density at radius 3 is 2.59 bits per heavy atom. The van der Waals surface area contributed by atoms with Crippen LogP contribution in [0.1, 0.15) is 28.7 Å². The predicted molar refractivity (Wildman–Crippen MR) is 115 cm³/mol. The lowest BCUT2D eigenvalue weighted by molar-refractivity contribution is -0.114. The smallest absolute Gasteiger partial charge is 0.271 e. The number of carbonyl (C=O) groups is 1. The first-order chi connectivity index (χ1) is 13.2. The summed E-state index contributed by atoms with van der Waals surface area (Å²) in [4.78, 5) is 12.6. The van der Waals surface area contributed by atoms with Crippen molar-refractivity contribution in [3.63, 3.8) is 0 Å². The third-order valence-corrected chi connectivity index (χ3v) is 5.30. The van der Waals surface area contributed by atoms with Crippen molar-refractivity contribution >= 4 is 34.5 Å². The van der Waals surface area contributed by atoms with E-state index in [0.29, 0.717) is 30.2 Å². The maximum Gasteiger partial charge on any atom is 0.271 e. The van der Waals surface area contributed by atoms with Gasteiger partial charge in [-0.25, -0.2) is 3.21 Å². The Balaban J connectivity index is 1.61. The Hall–Kier alpha value is -2.09.